The van der Waals surface area contributed by atoms with Crippen molar-refractivity contribution in [2.24, 2.45) is 0 Å². The molecule has 2 N–H and O–H groups in total. The Balaban J connectivity index is 1.31. The molecular weight excluding hydrogens is 328 g/mol. The molecule has 2 aliphatic heterocycles. The molecular formula is C16H16N4O5. The van der Waals surface area contributed by atoms with E-state index in [0.29, 0.717) is 29.6 Å². The molecule has 0 saturated carbocycles. The van der Waals surface area contributed by atoms with E-state index in [0.717, 1.165) is 18.4 Å². The zero-order chi connectivity index (χ0) is 17.2. The topological polar surface area (TPSA) is 116 Å². The van der Waals surface area contributed by atoms with Crippen molar-refractivity contribution in [2.75, 3.05) is 11.9 Å². The summed E-state index contributed by atoms with van der Waals surface area (Å²) < 4.78 is 15.6. The molecule has 0 bridgehead atoms. The number of nitrogens with one attached hydrogen (secondary N) is 2. The molecule has 1 unspecified atom stereocenters. The first-order valence-corrected chi connectivity index (χ1v) is 7.98. The van der Waals surface area contributed by atoms with Gasteiger partial charge in [-0.2, -0.15) is 4.98 Å². The van der Waals surface area contributed by atoms with Crippen LogP contribution in [0.4, 0.5) is 10.5 Å². The average molecular weight is 344 g/mol. The van der Waals surface area contributed by atoms with Gasteiger partial charge in [-0.15, -0.1) is 0 Å². The third-order valence-corrected chi connectivity index (χ3v) is 4.04. The van der Waals surface area contributed by atoms with Gasteiger partial charge in [-0.3, -0.25) is 0 Å². The number of esters is 1. The molecule has 9 nitrogen and oxygen atoms in total. The summed E-state index contributed by atoms with van der Waals surface area (Å²) in [5, 5.41) is 9.18. The summed E-state index contributed by atoms with van der Waals surface area (Å²) >= 11 is 0. The zero-order valence-corrected chi connectivity index (χ0v) is 13.3. The summed E-state index contributed by atoms with van der Waals surface area (Å²) in [6, 6.07) is 4.58. The van der Waals surface area contributed by atoms with Gasteiger partial charge in [-0.1, -0.05) is 5.16 Å². The van der Waals surface area contributed by atoms with Gasteiger partial charge in [0.05, 0.1) is 12.1 Å². The number of carbonyl (C=O) groups is 2. The molecule has 25 heavy (non-hydrogen) atoms. The molecule has 2 aliphatic rings. The summed E-state index contributed by atoms with van der Waals surface area (Å²) in [7, 11) is 0. The van der Waals surface area contributed by atoms with E-state index in [9.17, 15) is 9.59 Å². The van der Waals surface area contributed by atoms with Gasteiger partial charge in [-0.25, -0.2) is 9.59 Å². The number of ether oxygens (including phenoxy) is 2. The van der Waals surface area contributed by atoms with Gasteiger partial charge in [0.15, 0.2) is 5.82 Å². The van der Waals surface area contributed by atoms with E-state index in [1.54, 1.807) is 18.2 Å². The van der Waals surface area contributed by atoms with Crippen molar-refractivity contribution >= 4 is 17.7 Å². The molecule has 3 heterocycles. The lowest BCUT2D eigenvalue weighted by atomic mass is 10.1. The van der Waals surface area contributed by atoms with Crippen molar-refractivity contribution in [1.82, 2.24) is 15.5 Å². The van der Waals surface area contributed by atoms with E-state index < -0.39 is 6.03 Å². The number of anilines is 1. The van der Waals surface area contributed by atoms with Crippen LogP contribution in [0.5, 0.6) is 0 Å². The Hall–Kier alpha value is -2.94. The highest BCUT2D eigenvalue weighted by atomic mass is 16.5. The van der Waals surface area contributed by atoms with E-state index in [1.165, 1.54) is 0 Å². The Labute approximate surface area is 142 Å². The van der Waals surface area contributed by atoms with Crippen molar-refractivity contribution in [1.29, 1.82) is 0 Å². The van der Waals surface area contributed by atoms with Gasteiger partial charge < -0.3 is 24.6 Å². The maximum absolute atomic E-state index is 12.0. The molecule has 0 aliphatic carbocycles. The van der Waals surface area contributed by atoms with E-state index in [1.807, 2.05) is 0 Å². The maximum atomic E-state index is 12.0. The first-order chi connectivity index (χ1) is 12.2. The minimum Gasteiger partial charge on any atom is -0.457 e. The SMILES string of the molecule is O=C(NCc1noc(C2CCCO2)n1)Nc1ccc2c(c1)COC2=O. The normalized spacial score (nSPS) is 18.7. The second kappa shape index (κ2) is 6.52. The van der Waals surface area contributed by atoms with Crippen LogP contribution in [0, 0.1) is 0 Å². The van der Waals surface area contributed by atoms with Gasteiger partial charge >= 0.3 is 12.0 Å². The number of rotatable bonds is 4. The third-order valence-electron chi connectivity index (χ3n) is 4.04. The predicted molar refractivity (Wildman–Crippen MR) is 83.6 cm³/mol. The smallest absolute Gasteiger partial charge is 0.338 e. The van der Waals surface area contributed by atoms with Crippen LogP contribution in [0.1, 0.15) is 46.6 Å². The summed E-state index contributed by atoms with van der Waals surface area (Å²) in [4.78, 5) is 27.6. The molecule has 4 rings (SSSR count). The summed E-state index contributed by atoms with van der Waals surface area (Å²) in [5.41, 5.74) is 1.85. The molecule has 1 fully saturated rings. The Morgan fingerprint density at radius 3 is 3.12 bits per heavy atom. The van der Waals surface area contributed by atoms with Crippen LogP contribution in [0.2, 0.25) is 0 Å². The Bertz CT molecular complexity index is 813. The number of cyclic esters (lactones) is 1. The van der Waals surface area contributed by atoms with Crippen LogP contribution in [0.3, 0.4) is 0 Å². The summed E-state index contributed by atoms with van der Waals surface area (Å²) in [5.74, 6) is 0.483. The fourth-order valence-electron chi connectivity index (χ4n) is 2.79. The molecule has 0 radical (unpaired) electrons. The molecule has 2 amide bonds. The number of urea groups is 1. The second-order valence-corrected chi connectivity index (χ2v) is 5.81. The first kappa shape index (κ1) is 15.6. The Morgan fingerprint density at radius 1 is 1.36 bits per heavy atom. The van der Waals surface area contributed by atoms with Crippen LogP contribution >= 0.6 is 0 Å². The molecule has 130 valence electrons. The number of aromatic nitrogens is 2. The molecule has 0 spiro atoms. The van der Waals surface area contributed by atoms with Crippen molar-refractivity contribution in [3.8, 4) is 0 Å². The third kappa shape index (κ3) is 3.31. The largest absolute Gasteiger partial charge is 0.457 e. The van der Waals surface area contributed by atoms with Crippen LogP contribution in [0.25, 0.3) is 0 Å². The van der Waals surface area contributed by atoms with Gasteiger partial charge in [0.1, 0.15) is 12.7 Å². The molecule has 1 saturated heterocycles. The standard InChI is InChI=1S/C16H16N4O5/c21-15-11-4-3-10(6-9(11)8-24-15)18-16(22)17-7-13-19-14(25-20-13)12-2-1-5-23-12/h3-4,6,12H,1-2,5,7-8H2,(H2,17,18,22). The minimum atomic E-state index is -0.409. The zero-order valence-electron chi connectivity index (χ0n) is 13.3. The van der Waals surface area contributed by atoms with Crippen LogP contribution in [-0.2, 0) is 22.6 Å². The van der Waals surface area contributed by atoms with Crippen molar-refractivity contribution < 1.29 is 23.6 Å². The number of nitrogens with zero attached hydrogens (tertiary/aromatic N) is 2. The number of fused-ring (bicyclic) bond motifs is 1. The highest BCUT2D eigenvalue weighted by Gasteiger charge is 2.24. The fraction of sp³-hybridized carbons (Fsp3) is 0.375. The molecule has 9 heteroatoms. The number of hydrogen-bond donors (Lipinski definition) is 2. The summed E-state index contributed by atoms with van der Waals surface area (Å²) in [6.45, 7) is 1.05. The Kier molecular flexibility index (Phi) is 4.06. The maximum Gasteiger partial charge on any atom is 0.338 e. The second-order valence-electron chi connectivity index (χ2n) is 5.81. The Morgan fingerprint density at radius 2 is 2.28 bits per heavy atom. The highest BCUT2D eigenvalue weighted by Crippen LogP contribution is 2.27. The fourth-order valence-corrected chi connectivity index (χ4v) is 2.79. The quantitative estimate of drug-likeness (QED) is 0.814. The average Bonchev–Trinajstić information content (AvgIpc) is 3.34. The predicted octanol–water partition coefficient (Wildman–Crippen LogP) is 1.91. The highest BCUT2D eigenvalue weighted by molar-refractivity contribution is 5.95. The lowest BCUT2D eigenvalue weighted by Crippen LogP contribution is -2.28. The van der Waals surface area contributed by atoms with Crippen molar-refractivity contribution in [3.63, 3.8) is 0 Å². The van der Waals surface area contributed by atoms with E-state index in [-0.39, 0.29) is 25.2 Å². The molecule has 1 aromatic heterocycles. The molecule has 2 aromatic rings. The number of hydrogen-bond acceptors (Lipinski definition) is 7. The number of benzene rings is 1. The van der Waals surface area contributed by atoms with Crippen molar-refractivity contribution in [3.05, 3.63) is 41.0 Å². The first-order valence-electron chi connectivity index (χ1n) is 7.98. The molecule has 1 aromatic carbocycles. The monoisotopic (exact) mass is 344 g/mol. The lowest BCUT2D eigenvalue weighted by Gasteiger charge is -2.06. The van der Waals surface area contributed by atoms with Gasteiger partial charge in [0.2, 0.25) is 0 Å². The van der Waals surface area contributed by atoms with Crippen LogP contribution in [0.15, 0.2) is 22.7 Å². The minimum absolute atomic E-state index is 0.134. The van der Waals surface area contributed by atoms with E-state index in [2.05, 4.69) is 20.8 Å². The van der Waals surface area contributed by atoms with Crippen LogP contribution in [-0.4, -0.2) is 28.7 Å². The van der Waals surface area contributed by atoms with Gasteiger partial charge in [0, 0.05) is 17.9 Å². The van der Waals surface area contributed by atoms with Gasteiger partial charge in [-0.05, 0) is 31.0 Å². The van der Waals surface area contributed by atoms with E-state index >= 15 is 0 Å². The van der Waals surface area contributed by atoms with Crippen molar-refractivity contribution in [2.45, 2.75) is 32.1 Å². The van der Waals surface area contributed by atoms with E-state index in [4.69, 9.17) is 14.0 Å². The van der Waals surface area contributed by atoms with Crippen LogP contribution < -0.4 is 10.6 Å². The number of amides is 2. The summed E-state index contributed by atoms with van der Waals surface area (Å²) in [6.07, 6.45) is 1.69. The van der Waals surface area contributed by atoms with Gasteiger partial charge in [0.25, 0.3) is 5.89 Å². The molecule has 1 atom stereocenters. The number of carbonyl (C=O) groups excluding carboxylic acids is 2. The lowest BCUT2D eigenvalue weighted by molar-refractivity contribution is 0.0535.